The van der Waals surface area contributed by atoms with Crippen molar-refractivity contribution in [3.63, 3.8) is 0 Å². The molecule has 2 atom stereocenters. The first-order chi connectivity index (χ1) is 11.2. The maximum Gasteiger partial charge on any atom is 0.416 e. The molecule has 7 nitrogen and oxygen atoms in total. The molecule has 7 heteroatoms. The number of hydrogen-bond donors (Lipinski definition) is 0. The maximum atomic E-state index is 12.6. The van der Waals surface area contributed by atoms with Crippen LogP contribution in [-0.2, 0) is 16.0 Å². The van der Waals surface area contributed by atoms with E-state index >= 15 is 0 Å². The van der Waals surface area contributed by atoms with Crippen molar-refractivity contribution in [3.8, 4) is 0 Å². The second kappa shape index (κ2) is 8.00. The number of carbonyl (C=O) groups excluding carboxylic acids is 2. The van der Waals surface area contributed by atoms with Crippen molar-refractivity contribution in [3.05, 3.63) is 59.0 Å². The second-order valence-electron chi connectivity index (χ2n) is 5.22. The van der Waals surface area contributed by atoms with Gasteiger partial charge in [0.2, 0.25) is 5.91 Å². The monoisotopic (exact) mass is 314 g/mol. The van der Waals surface area contributed by atoms with Gasteiger partial charge in [0.15, 0.2) is 0 Å². The number of nitrogens with zero attached hydrogens (tertiary/aromatic N) is 4. The fraction of sp³-hybridized carbons (Fsp3) is 0.375. The highest BCUT2D eigenvalue weighted by atomic mass is 16.6. The van der Waals surface area contributed by atoms with Gasteiger partial charge in [0.05, 0.1) is 6.04 Å². The van der Waals surface area contributed by atoms with Crippen LogP contribution in [0.15, 0.2) is 48.1 Å². The summed E-state index contributed by atoms with van der Waals surface area (Å²) in [6, 6.07) is 8.22. The summed E-state index contributed by atoms with van der Waals surface area (Å²) in [4.78, 5) is 28.3. The summed E-state index contributed by atoms with van der Waals surface area (Å²) in [5, 5.41) is 3.52. The summed E-state index contributed by atoms with van der Waals surface area (Å²) < 4.78 is 5.02. The molecular formula is C16H18N4O3. The van der Waals surface area contributed by atoms with Crippen molar-refractivity contribution in [1.29, 1.82) is 0 Å². The molecule has 1 aliphatic heterocycles. The first kappa shape index (κ1) is 16.6. The van der Waals surface area contributed by atoms with Gasteiger partial charge in [-0.25, -0.2) is 9.69 Å². The van der Waals surface area contributed by atoms with Crippen LogP contribution >= 0.6 is 0 Å². The van der Waals surface area contributed by atoms with Crippen LogP contribution in [0.4, 0.5) is 4.79 Å². The van der Waals surface area contributed by atoms with Crippen molar-refractivity contribution in [2.75, 3.05) is 6.61 Å². The van der Waals surface area contributed by atoms with Crippen LogP contribution in [0.2, 0.25) is 0 Å². The average Bonchev–Trinajstić information content (AvgIpc) is 2.92. The van der Waals surface area contributed by atoms with E-state index in [0.29, 0.717) is 19.3 Å². The molecule has 0 unspecified atom stereocenters. The average molecular weight is 314 g/mol. The lowest BCUT2D eigenvalue weighted by Crippen LogP contribution is -2.45. The summed E-state index contributed by atoms with van der Waals surface area (Å²) in [6.07, 6.45) is 2.28. The third kappa shape index (κ3) is 4.11. The number of rotatable bonds is 7. The van der Waals surface area contributed by atoms with Gasteiger partial charge >= 0.3 is 6.09 Å². The van der Waals surface area contributed by atoms with Crippen molar-refractivity contribution in [2.24, 2.45) is 5.11 Å². The standard InChI is InChI=1S/C16H18N4O3/c1-2-3-9-14(18-19-17)15(21)20-13(11-23-16(20)22)10-12-7-5-4-6-8-12/h2,4-8,13-14H,1,3,9-11H2/t13-,14+/m1/s1. The summed E-state index contributed by atoms with van der Waals surface area (Å²) in [6.45, 7) is 3.73. The highest BCUT2D eigenvalue weighted by Crippen LogP contribution is 2.20. The highest BCUT2D eigenvalue weighted by Gasteiger charge is 2.40. The van der Waals surface area contributed by atoms with E-state index in [4.69, 9.17) is 10.3 Å². The number of cyclic esters (lactones) is 1. The number of imide groups is 1. The van der Waals surface area contributed by atoms with Crippen molar-refractivity contribution in [2.45, 2.75) is 31.3 Å². The van der Waals surface area contributed by atoms with Gasteiger partial charge in [-0.15, -0.1) is 6.58 Å². The Kier molecular flexibility index (Phi) is 5.77. The predicted molar refractivity (Wildman–Crippen MR) is 84.5 cm³/mol. The molecule has 23 heavy (non-hydrogen) atoms. The molecule has 1 fully saturated rings. The third-order valence-electron chi connectivity index (χ3n) is 3.63. The summed E-state index contributed by atoms with van der Waals surface area (Å²) in [7, 11) is 0. The van der Waals surface area contributed by atoms with Crippen LogP contribution in [0, 0.1) is 0 Å². The molecule has 1 aromatic rings. The molecule has 0 spiro atoms. The van der Waals surface area contributed by atoms with E-state index in [1.54, 1.807) is 6.08 Å². The van der Waals surface area contributed by atoms with Gasteiger partial charge in [-0.3, -0.25) is 4.79 Å². The topological polar surface area (TPSA) is 95.4 Å². The molecule has 1 saturated heterocycles. The summed E-state index contributed by atoms with van der Waals surface area (Å²) in [5.74, 6) is -0.520. The molecule has 0 aromatic heterocycles. The normalized spacial score (nSPS) is 18.0. The SMILES string of the molecule is C=CCC[C@H](N=[N+]=[N-])C(=O)N1C(=O)OC[C@H]1Cc1ccccc1. The van der Waals surface area contributed by atoms with E-state index in [-0.39, 0.29) is 6.61 Å². The largest absolute Gasteiger partial charge is 0.447 e. The fourth-order valence-corrected chi connectivity index (χ4v) is 2.50. The van der Waals surface area contributed by atoms with E-state index in [0.717, 1.165) is 10.5 Å². The fourth-order valence-electron chi connectivity index (χ4n) is 2.50. The molecular weight excluding hydrogens is 296 g/mol. The van der Waals surface area contributed by atoms with Crippen molar-refractivity contribution in [1.82, 2.24) is 4.90 Å². The summed E-state index contributed by atoms with van der Waals surface area (Å²) in [5.41, 5.74) is 9.64. The second-order valence-corrected chi connectivity index (χ2v) is 5.22. The van der Waals surface area contributed by atoms with Crippen LogP contribution in [0.25, 0.3) is 10.4 Å². The van der Waals surface area contributed by atoms with E-state index in [1.807, 2.05) is 30.3 Å². The van der Waals surface area contributed by atoms with Gasteiger partial charge in [0.25, 0.3) is 0 Å². The molecule has 2 rings (SSSR count). The number of allylic oxidation sites excluding steroid dienone is 1. The van der Waals surface area contributed by atoms with Crippen LogP contribution in [0.5, 0.6) is 0 Å². The molecule has 1 heterocycles. The zero-order valence-corrected chi connectivity index (χ0v) is 12.7. The Bertz CT molecular complexity index is 625. The Labute approximate surface area is 134 Å². The maximum absolute atomic E-state index is 12.6. The Morgan fingerprint density at radius 2 is 2.26 bits per heavy atom. The first-order valence-electron chi connectivity index (χ1n) is 7.36. The molecule has 0 saturated carbocycles. The van der Waals surface area contributed by atoms with Gasteiger partial charge in [-0.1, -0.05) is 41.5 Å². The number of benzene rings is 1. The lowest BCUT2D eigenvalue weighted by Gasteiger charge is -2.22. The zero-order valence-electron chi connectivity index (χ0n) is 12.7. The molecule has 0 radical (unpaired) electrons. The van der Waals surface area contributed by atoms with Gasteiger partial charge in [0.1, 0.15) is 12.6 Å². The highest BCUT2D eigenvalue weighted by molar-refractivity contribution is 5.96. The molecule has 120 valence electrons. The smallest absolute Gasteiger partial charge is 0.416 e. The summed E-state index contributed by atoms with van der Waals surface area (Å²) >= 11 is 0. The van der Waals surface area contributed by atoms with E-state index in [1.165, 1.54) is 0 Å². The van der Waals surface area contributed by atoms with Crippen molar-refractivity contribution >= 4 is 12.0 Å². The number of ether oxygens (including phenoxy) is 1. The van der Waals surface area contributed by atoms with Crippen molar-refractivity contribution < 1.29 is 14.3 Å². The Hall–Kier alpha value is -2.79. The quantitative estimate of drug-likeness (QED) is 0.334. The predicted octanol–water partition coefficient (Wildman–Crippen LogP) is 3.22. The molecule has 1 aromatic carbocycles. The Morgan fingerprint density at radius 3 is 2.91 bits per heavy atom. The van der Waals surface area contributed by atoms with E-state index in [2.05, 4.69) is 16.6 Å². The minimum atomic E-state index is -0.929. The number of amides is 2. The number of azide groups is 1. The van der Waals surface area contributed by atoms with Crippen LogP contribution in [-0.4, -0.2) is 35.6 Å². The Morgan fingerprint density at radius 1 is 1.52 bits per heavy atom. The first-order valence-corrected chi connectivity index (χ1v) is 7.36. The molecule has 0 N–H and O–H groups in total. The lowest BCUT2D eigenvalue weighted by molar-refractivity contribution is -0.130. The van der Waals surface area contributed by atoms with Crippen LogP contribution < -0.4 is 0 Å². The third-order valence-corrected chi connectivity index (χ3v) is 3.63. The van der Waals surface area contributed by atoms with Gasteiger partial charge in [-0.05, 0) is 30.4 Å². The number of carbonyl (C=O) groups is 2. The van der Waals surface area contributed by atoms with Crippen LogP contribution in [0.1, 0.15) is 18.4 Å². The Balaban J connectivity index is 2.15. The molecule has 2 amide bonds. The lowest BCUT2D eigenvalue weighted by atomic mass is 10.0. The minimum Gasteiger partial charge on any atom is -0.447 e. The van der Waals surface area contributed by atoms with E-state index in [9.17, 15) is 9.59 Å². The molecule has 1 aliphatic rings. The number of hydrogen-bond acceptors (Lipinski definition) is 4. The van der Waals surface area contributed by atoms with Crippen LogP contribution in [0.3, 0.4) is 0 Å². The van der Waals surface area contributed by atoms with Gasteiger partial charge < -0.3 is 4.74 Å². The zero-order chi connectivity index (χ0) is 16.7. The van der Waals surface area contributed by atoms with Gasteiger partial charge in [-0.2, -0.15) is 0 Å². The molecule has 0 bridgehead atoms. The molecule has 0 aliphatic carbocycles. The van der Waals surface area contributed by atoms with Gasteiger partial charge in [0, 0.05) is 4.91 Å². The minimum absolute atomic E-state index is 0.143. The van der Waals surface area contributed by atoms with E-state index < -0.39 is 24.1 Å².